The van der Waals surface area contributed by atoms with Crippen molar-refractivity contribution in [2.75, 3.05) is 39.3 Å². The molecule has 0 aromatic rings. The van der Waals surface area contributed by atoms with Crippen molar-refractivity contribution in [3.63, 3.8) is 0 Å². The minimum atomic E-state index is 0.344. The van der Waals surface area contributed by atoms with Gasteiger partial charge in [0.2, 0.25) is 0 Å². The summed E-state index contributed by atoms with van der Waals surface area (Å²) in [5.74, 6) is 0. The lowest BCUT2D eigenvalue weighted by molar-refractivity contribution is -0.901. The fraction of sp³-hybridized carbons (Fsp3) is 1.00. The highest BCUT2D eigenvalue weighted by molar-refractivity contribution is 4.68. The number of rotatable bonds is 3. The Labute approximate surface area is 55.0 Å². The van der Waals surface area contributed by atoms with Crippen molar-refractivity contribution in [1.82, 2.24) is 5.01 Å². The van der Waals surface area contributed by atoms with Gasteiger partial charge in [-0.25, -0.2) is 4.59 Å². The molecular formula is C6H13N2O+. The smallest absolute Gasteiger partial charge is 0.148 e. The second kappa shape index (κ2) is 1.68. The van der Waals surface area contributed by atoms with Crippen LogP contribution >= 0.6 is 0 Å². The van der Waals surface area contributed by atoms with E-state index < -0.39 is 0 Å². The van der Waals surface area contributed by atoms with Crippen molar-refractivity contribution in [3.8, 4) is 0 Å². The predicted molar refractivity (Wildman–Crippen MR) is 33.5 cm³/mol. The molecule has 52 valence electrons. The number of hydrogen-bond donors (Lipinski definition) is 1. The Hall–Kier alpha value is -0.120. The lowest BCUT2D eigenvalue weighted by Gasteiger charge is -2.15. The minimum absolute atomic E-state index is 0.344. The molecule has 0 spiro atoms. The summed E-state index contributed by atoms with van der Waals surface area (Å²) < 4.78 is 1.09. The Morgan fingerprint density at radius 2 is 2.00 bits per heavy atom. The lowest BCUT2D eigenvalue weighted by Crippen LogP contribution is -2.34. The molecular weight excluding hydrogens is 116 g/mol. The number of hydrogen-bond acceptors (Lipinski definition) is 2. The molecule has 0 radical (unpaired) electrons. The van der Waals surface area contributed by atoms with Crippen molar-refractivity contribution < 1.29 is 9.70 Å². The lowest BCUT2D eigenvalue weighted by atomic mass is 10.7. The van der Waals surface area contributed by atoms with Crippen molar-refractivity contribution in [2.24, 2.45) is 0 Å². The Bertz CT molecular complexity index is 118. The highest BCUT2D eigenvalue weighted by atomic mass is 16.3. The van der Waals surface area contributed by atoms with Gasteiger partial charge in [0.05, 0.1) is 19.7 Å². The van der Waals surface area contributed by atoms with Gasteiger partial charge in [0.25, 0.3) is 0 Å². The van der Waals surface area contributed by atoms with Gasteiger partial charge < -0.3 is 5.11 Å². The number of nitrogens with zero attached hydrogens (tertiary/aromatic N) is 2. The molecule has 2 fully saturated rings. The van der Waals surface area contributed by atoms with Crippen LogP contribution in [0, 0.1) is 0 Å². The van der Waals surface area contributed by atoms with Crippen LogP contribution in [0.5, 0.6) is 0 Å². The SMILES string of the molecule is OCC[N+]1(N2CC2)CC1. The molecule has 9 heavy (non-hydrogen) atoms. The van der Waals surface area contributed by atoms with E-state index >= 15 is 0 Å². The molecule has 0 atom stereocenters. The molecule has 1 N–H and O–H groups in total. The summed E-state index contributed by atoms with van der Waals surface area (Å²) in [7, 11) is 0. The molecule has 0 unspecified atom stereocenters. The highest BCUT2D eigenvalue weighted by Crippen LogP contribution is 2.29. The van der Waals surface area contributed by atoms with E-state index in [9.17, 15) is 0 Å². The molecule has 2 heterocycles. The summed E-state index contributed by atoms with van der Waals surface area (Å²) >= 11 is 0. The van der Waals surface area contributed by atoms with Crippen LogP contribution in [0.3, 0.4) is 0 Å². The summed E-state index contributed by atoms with van der Waals surface area (Å²) in [6, 6.07) is 0. The fourth-order valence-electron chi connectivity index (χ4n) is 1.42. The van der Waals surface area contributed by atoms with Gasteiger partial charge >= 0.3 is 0 Å². The van der Waals surface area contributed by atoms with E-state index in [4.69, 9.17) is 5.11 Å². The highest BCUT2D eigenvalue weighted by Gasteiger charge is 2.52. The van der Waals surface area contributed by atoms with Gasteiger partial charge in [0.15, 0.2) is 0 Å². The largest absolute Gasteiger partial charge is 0.390 e. The van der Waals surface area contributed by atoms with Crippen LogP contribution in [-0.4, -0.2) is 54.0 Å². The van der Waals surface area contributed by atoms with Crippen molar-refractivity contribution >= 4 is 0 Å². The van der Waals surface area contributed by atoms with Crippen molar-refractivity contribution in [1.29, 1.82) is 0 Å². The summed E-state index contributed by atoms with van der Waals surface area (Å²) in [6.45, 7) is 6.32. The van der Waals surface area contributed by atoms with Crippen LogP contribution in [-0.2, 0) is 0 Å². The molecule has 0 aromatic heterocycles. The second-order valence-corrected chi connectivity index (χ2v) is 2.94. The van der Waals surface area contributed by atoms with Gasteiger partial charge in [-0.05, 0) is 0 Å². The van der Waals surface area contributed by atoms with Crippen molar-refractivity contribution in [2.45, 2.75) is 0 Å². The first-order valence-electron chi connectivity index (χ1n) is 3.60. The average Bonchev–Trinajstić information content (AvgIpc) is 2.61. The van der Waals surface area contributed by atoms with E-state index in [0.29, 0.717) is 6.61 Å². The maximum Gasteiger partial charge on any atom is 0.148 e. The zero-order valence-corrected chi connectivity index (χ0v) is 5.58. The first kappa shape index (κ1) is 5.65. The molecule has 2 aliphatic rings. The molecule has 0 saturated carbocycles. The van der Waals surface area contributed by atoms with Gasteiger partial charge in [-0.3, -0.25) is 0 Å². The topological polar surface area (TPSA) is 23.2 Å². The maximum absolute atomic E-state index is 8.68. The standard InChI is InChI=1S/C6H13N2O/c9-6-5-8(3-4-8)7-1-2-7/h9H,1-6H2/q+1. The van der Waals surface area contributed by atoms with Crippen LogP contribution in [0.25, 0.3) is 0 Å². The summed E-state index contributed by atoms with van der Waals surface area (Å²) in [4.78, 5) is 0. The maximum atomic E-state index is 8.68. The van der Waals surface area contributed by atoms with E-state index in [1.807, 2.05) is 0 Å². The third kappa shape index (κ3) is 0.852. The third-order valence-electron chi connectivity index (χ3n) is 2.28. The summed E-state index contributed by atoms with van der Waals surface area (Å²) in [5, 5.41) is 11.1. The molecule has 0 aliphatic carbocycles. The van der Waals surface area contributed by atoms with Gasteiger partial charge in [-0.15, -0.1) is 0 Å². The van der Waals surface area contributed by atoms with Gasteiger partial charge in [-0.2, -0.15) is 5.01 Å². The van der Waals surface area contributed by atoms with E-state index in [2.05, 4.69) is 5.01 Å². The van der Waals surface area contributed by atoms with Gasteiger partial charge in [0, 0.05) is 0 Å². The summed E-state index contributed by atoms with van der Waals surface area (Å²) in [5.41, 5.74) is 0. The van der Waals surface area contributed by atoms with Crippen LogP contribution in [0.4, 0.5) is 0 Å². The normalized spacial score (nSPS) is 30.3. The van der Waals surface area contributed by atoms with Gasteiger partial charge in [0.1, 0.15) is 19.6 Å². The zero-order valence-electron chi connectivity index (χ0n) is 5.58. The molecule has 2 aliphatic heterocycles. The predicted octanol–water partition coefficient (Wildman–Crippen LogP) is -0.960. The van der Waals surface area contributed by atoms with Crippen LogP contribution < -0.4 is 0 Å². The first-order chi connectivity index (χ1) is 4.37. The molecule has 2 rings (SSSR count). The molecule has 2 saturated heterocycles. The van der Waals surface area contributed by atoms with E-state index in [1.165, 1.54) is 26.2 Å². The van der Waals surface area contributed by atoms with E-state index in [0.717, 1.165) is 11.1 Å². The molecule has 0 bridgehead atoms. The molecule has 0 aromatic carbocycles. The quantitative estimate of drug-likeness (QED) is 0.392. The first-order valence-corrected chi connectivity index (χ1v) is 3.60. The Morgan fingerprint density at radius 3 is 2.33 bits per heavy atom. The van der Waals surface area contributed by atoms with Crippen LogP contribution in [0.15, 0.2) is 0 Å². The Morgan fingerprint density at radius 1 is 1.33 bits per heavy atom. The summed E-state index contributed by atoms with van der Waals surface area (Å²) in [6.07, 6.45) is 0. The van der Waals surface area contributed by atoms with Crippen LogP contribution in [0.2, 0.25) is 0 Å². The monoisotopic (exact) mass is 129 g/mol. The Balaban J connectivity index is 1.89. The average molecular weight is 129 g/mol. The number of aliphatic hydroxyl groups excluding tert-OH is 1. The minimum Gasteiger partial charge on any atom is -0.390 e. The Kier molecular flexibility index (Phi) is 1.06. The van der Waals surface area contributed by atoms with E-state index in [-0.39, 0.29) is 0 Å². The molecule has 3 nitrogen and oxygen atoms in total. The zero-order chi connectivity index (χ0) is 6.32. The second-order valence-electron chi connectivity index (χ2n) is 2.94. The third-order valence-corrected chi connectivity index (χ3v) is 2.28. The van der Waals surface area contributed by atoms with Crippen molar-refractivity contribution in [3.05, 3.63) is 0 Å². The van der Waals surface area contributed by atoms with E-state index in [1.54, 1.807) is 0 Å². The molecule has 0 amide bonds. The fourth-order valence-corrected chi connectivity index (χ4v) is 1.42. The van der Waals surface area contributed by atoms with Gasteiger partial charge in [-0.1, -0.05) is 0 Å². The van der Waals surface area contributed by atoms with Crippen LogP contribution in [0.1, 0.15) is 0 Å². The number of quaternary nitrogens is 1. The number of aliphatic hydroxyl groups is 1. The molecule has 3 heteroatoms.